The van der Waals surface area contributed by atoms with E-state index in [4.69, 9.17) is 0 Å². The topological polar surface area (TPSA) is 36.4 Å². The zero-order valence-electron chi connectivity index (χ0n) is 10.1. The Morgan fingerprint density at radius 1 is 1.50 bits per heavy atom. The van der Waals surface area contributed by atoms with Crippen molar-refractivity contribution in [3.05, 3.63) is 16.1 Å². The molecule has 0 aromatic carbocycles. The van der Waals surface area contributed by atoms with Crippen molar-refractivity contribution in [1.82, 2.24) is 9.88 Å². The Kier molecular flexibility index (Phi) is 3.62. The van der Waals surface area contributed by atoms with Gasteiger partial charge in [0, 0.05) is 18.5 Å². The van der Waals surface area contributed by atoms with Crippen LogP contribution in [0.5, 0.6) is 0 Å². The molecule has 0 unspecified atom stereocenters. The molecular formula is C12H20N2OS. The number of aliphatic hydroxyl groups excluding tert-OH is 1. The van der Waals surface area contributed by atoms with Gasteiger partial charge >= 0.3 is 0 Å². The highest BCUT2D eigenvalue weighted by molar-refractivity contribution is 7.09. The average Bonchev–Trinajstić information content (AvgIpc) is 2.68. The van der Waals surface area contributed by atoms with Gasteiger partial charge in [-0.05, 0) is 38.3 Å². The lowest BCUT2D eigenvalue weighted by molar-refractivity contribution is 0.0553. The number of thiazole rings is 1. The molecule has 0 aliphatic carbocycles. The number of aryl methyl sites for hydroxylation is 1. The van der Waals surface area contributed by atoms with Gasteiger partial charge in [-0.15, -0.1) is 11.3 Å². The number of rotatable bonds is 3. The van der Waals surface area contributed by atoms with Crippen LogP contribution in [0.4, 0.5) is 0 Å². The first-order valence-electron chi connectivity index (χ1n) is 5.85. The lowest BCUT2D eigenvalue weighted by Gasteiger charge is -2.37. The molecule has 2 rings (SSSR count). The van der Waals surface area contributed by atoms with Gasteiger partial charge in [0.2, 0.25) is 0 Å². The van der Waals surface area contributed by atoms with Gasteiger partial charge < -0.3 is 5.11 Å². The molecule has 1 aromatic heterocycles. The molecule has 0 amide bonds. The van der Waals surface area contributed by atoms with Crippen LogP contribution in [0.3, 0.4) is 0 Å². The number of nitrogens with zero attached hydrogens (tertiary/aromatic N) is 2. The summed E-state index contributed by atoms with van der Waals surface area (Å²) >= 11 is 1.72. The van der Waals surface area contributed by atoms with E-state index in [1.54, 1.807) is 11.3 Å². The van der Waals surface area contributed by atoms with Crippen molar-refractivity contribution in [2.75, 3.05) is 19.7 Å². The van der Waals surface area contributed by atoms with Crippen LogP contribution in [0.2, 0.25) is 0 Å². The Labute approximate surface area is 101 Å². The van der Waals surface area contributed by atoms with Crippen molar-refractivity contribution < 1.29 is 5.11 Å². The summed E-state index contributed by atoms with van der Waals surface area (Å²) in [7, 11) is 0. The Morgan fingerprint density at radius 2 is 2.19 bits per heavy atom. The minimum atomic E-state index is 0.147. The van der Waals surface area contributed by atoms with Crippen LogP contribution < -0.4 is 0 Å². The van der Waals surface area contributed by atoms with E-state index < -0.39 is 0 Å². The Bertz CT molecular complexity index is 343. The number of hydrogen-bond acceptors (Lipinski definition) is 4. The highest BCUT2D eigenvalue weighted by atomic mass is 32.1. The number of hydrogen-bond donors (Lipinski definition) is 1. The summed E-state index contributed by atoms with van der Waals surface area (Å²) in [5.74, 6) is 0. The van der Waals surface area contributed by atoms with E-state index in [1.807, 2.05) is 6.92 Å². The van der Waals surface area contributed by atoms with Crippen LogP contribution in [-0.2, 0) is 6.54 Å². The lowest BCUT2D eigenvalue weighted by Crippen LogP contribution is -2.40. The summed E-state index contributed by atoms with van der Waals surface area (Å²) in [6.45, 7) is 7.66. The van der Waals surface area contributed by atoms with Crippen LogP contribution >= 0.6 is 11.3 Å². The van der Waals surface area contributed by atoms with Gasteiger partial charge in [0.1, 0.15) is 0 Å². The zero-order chi connectivity index (χ0) is 11.6. The fourth-order valence-electron chi connectivity index (χ4n) is 2.12. The SMILES string of the molecule is Cc1nc(CN2CCC(C)(CO)CC2)cs1. The van der Waals surface area contributed by atoms with Crippen LogP contribution in [-0.4, -0.2) is 34.7 Å². The van der Waals surface area contributed by atoms with Gasteiger partial charge in [0.15, 0.2) is 0 Å². The molecule has 0 radical (unpaired) electrons. The van der Waals surface area contributed by atoms with Crippen LogP contribution in [0, 0.1) is 12.3 Å². The number of aromatic nitrogens is 1. The fraction of sp³-hybridized carbons (Fsp3) is 0.750. The second kappa shape index (κ2) is 4.82. The lowest BCUT2D eigenvalue weighted by atomic mass is 9.81. The summed E-state index contributed by atoms with van der Waals surface area (Å²) in [5, 5.41) is 12.6. The number of likely N-dealkylation sites (tertiary alicyclic amines) is 1. The first kappa shape index (κ1) is 12.0. The van der Waals surface area contributed by atoms with Crippen molar-refractivity contribution in [3.8, 4) is 0 Å². The molecule has 1 saturated heterocycles. The van der Waals surface area contributed by atoms with E-state index in [-0.39, 0.29) is 5.41 Å². The van der Waals surface area contributed by atoms with E-state index in [9.17, 15) is 5.11 Å². The monoisotopic (exact) mass is 240 g/mol. The summed E-state index contributed by atoms with van der Waals surface area (Å²) < 4.78 is 0. The molecule has 0 atom stereocenters. The second-order valence-electron chi connectivity index (χ2n) is 5.10. The van der Waals surface area contributed by atoms with Crippen LogP contribution in [0.15, 0.2) is 5.38 Å². The maximum atomic E-state index is 9.30. The molecule has 1 N–H and O–H groups in total. The van der Waals surface area contributed by atoms with E-state index in [0.29, 0.717) is 6.61 Å². The quantitative estimate of drug-likeness (QED) is 0.878. The smallest absolute Gasteiger partial charge is 0.0897 e. The Morgan fingerprint density at radius 3 is 2.69 bits per heavy atom. The molecule has 2 heterocycles. The normalized spacial score (nSPS) is 21.2. The van der Waals surface area contributed by atoms with Crippen LogP contribution in [0.1, 0.15) is 30.5 Å². The summed E-state index contributed by atoms with van der Waals surface area (Å²) in [5.41, 5.74) is 1.34. The van der Waals surface area contributed by atoms with Gasteiger partial charge in [-0.25, -0.2) is 4.98 Å². The molecule has 0 bridgehead atoms. The van der Waals surface area contributed by atoms with E-state index in [2.05, 4.69) is 22.2 Å². The minimum Gasteiger partial charge on any atom is -0.396 e. The minimum absolute atomic E-state index is 0.147. The molecule has 16 heavy (non-hydrogen) atoms. The molecule has 0 spiro atoms. The van der Waals surface area contributed by atoms with Gasteiger partial charge in [-0.1, -0.05) is 6.92 Å². The van der Waals surface area contributed by atoms with Crippen molar-refractivity contribution in [2.24, 2.45) is 5.41 Å². The predicted octanol–water partition coefficient (Wildman–Crippen LogP) is 2.05. The Balaban J connectivity index is 1.86. The standard InChI is InChI=1S/C12H20N2OS/c1-10-13-11(8-16-10)7-14-5-3-12(2,9-15)4-6-14/h8,15H,3-7,9H2,1-2H3. The molecule has 90 valence electrons. The Hall–Kier alpha value is -0.450. The molecule has 1 aliphatic heterocycles. The fourth-order valence-corrected chi connectivity index (χ4v) is 2.72. The zero-order valence-corrected chi connectivity index (χ0v) is 10.9. The summed E-state index contributed by atoms with van der Waals surface area (Å²) in [4.78, 5) is 6.93. The van der Waals surface area contributed by atoms with Crippen LogP contribution in [0.25, 0.3) is 0 Å². The van der Waals surface area contributed by atoms with Crippen molar-refractivity contribution >= 4 is 11.3 Å². The van der Waals surface area contributed by atoms with Gasteiger partial charge in [0.05, 0.1) is 10.7 Å². The predicted molar refractivity (Wildman–Crippen MR) is 66.6 cm³/mol. The maximum absolute atomic E-state index is 9.30. The average molecular weight is 240 g/mol. The van der Waals surface area contributed by atoms with Crippen molar-refractivity contribution in [3.63, 3.8) is 0 Å². The first-order chi connectivity index (χ1) is 7.61. The first-order valence-corrected chi connectivity index (χ1v) is 6.73. The highest BCUT2D eigenvalue weighted by Gasteiger charge is 2.29. The molecule has 0 saturated carbocycles. The molecule has 1 aromatic rings. The number of aliphatic hydroxyl groups is 1. The van der Waals surface area contributed by atoms with E-state index in [0.717, 1.165) is 37.5 Å². The molecular weight excluding hydrogens is 220 g/mol. The molecule has 1 aliphatic rings. The summed E-state index contributed by atoms with van der Waals surface area (Å²) in [6, 6.07) is 0. The number of piperidine rings is 1. The van der Waals surface area contributed by atoms with Gasteiger partial charge in [-0.2, -0.15) is 0 Å². The highest BCUT2D eigenvalue weighted by Crippen LogP contribution is 2.30. The van der Waals surface area contributed by atoms with Gasteiger partial charge in [-0.3, -0.25) is 4.90 Å². The third-order valence-corrected chi connectivity index (χ3v) is 4.32. The third-order valence-electron chi connectivity index (χ3n) is 3.50. The molecule has 3 nitrogen and oxygen atoms in total. The van der Waals surface area contributed by atoms with E-state index in [1.165, 1.54) is 5.69 Å². The van der Waals surface area contributed by atoms with Crippen molar-refractivity contribution in [1.29, 1.82) is 0 Å². The molecule has 1 fully saturated rings. The second-order valence-corrected chi connectivity index (χ2v) is 6.17. The van der Waals surface area contributed by atoms with Gasteiger partial charge in [0.25, 0.3) is 0 Å². The van der Waals surface area contributed by atoms with Crippen molar-refractivity contribution in [2.45, 2.75) is 33.2 Å². The maximum Gasteiger partial charge on any atom is 0.0897 e. The largest absolute Gasteiger partial charge is 0.396 e. The third kappa shape index (κ3) is 2.81. The van der Waals surface area contributed by atoms with E-state index >= 15 is 0 Å². The molecule has 4 heteroatoms. The summed E-state index contributed by atoms with van der Waals surface area (Å²) in [6.07, 6.45) is 2.18.